The van der Waals surface area contributed by atoms with Crippen LogP contribution in [-0.2, 0) is 6.54 Å². The lowest BCUT2D eigenvalue weighted by molar-refractivity contribution is 0.669. The molecule has 0 fully saturated rings. The van der Waals surface area contributed by atoms with Crippen molar-refractivity contribution in [2.24, 2.45) is 0 Å². The largest absolute Gasteiger partial charge is 0.331 e. The van der Waals surface area contributed by atoms with Gasteiger partial charge in [-0.2, -0.15) is 0 Å². The molecule has 0 saturated heterocycles. The Morgan fingerprint density at radius 1 is 1.54 bits per heavy atom. The molecule has 1 aromatic rings. The summed E-state index contributed by atoms with van der Waals surface area (Å²) >= 11 is 0. The third-order valence-corrected chi connectivity index (χ3v) is 2.04. The quantitative estimate of drug-likeness (QED) is 0.692. The number of rotatable bonds is 4. The van der Waals surface area contributed by atoms with Gasteiger partial charge in [-0.05, 0) is 25.3 Å². The standard InChI is InChI=1S/C11H18N2/c1-4-6-10(3)11-12-7-9-13(11)8-5-2/h6-7,9H,4-5,8H2,1-3H3. The van der Waals surface area contributed by atoms with Crippen molar-refractivity contribution >= 4 is 5.57 Å². The fourth-order valence-corrected chi connectivity index (χ4v) is 1.48. The molecule has 1 aromatic heterocycles. The van der Waals surface area contributed by atoms with E-state index in [1.165, 1.54) is 5.57 Å². The number of aryl methyl sites for hydroxylation is 1. The zero-order valence-electron chi connectivity index (χ0n) is 8.75. The molecule has 0 aromatic carbocycles. The molecule has 1 rings (SSSR count). The van der Waals surface area contributed by atoms with E-state index in [1.807, 2.05) is 12.4 Å². The van der Waals surface area contributed by atoms with Gasteiger partial charge in [0.1, 0.15) is 5.82 Å². The van der Waals surface area contributed by atoms with E-state index in [4.69, 9.17) is 0 Å². The second kappa shape index (κ2) is 4.85. The molecule has 0 atom stereocenters. The minimum absolute atomic E-state index is 1.06. The molecule has 13 heavy (non-hydrogen) atoms. The van der Waals surface area contributed by atoms with Gasteiger partial charge in [-0.1, -0.05) is 19.9 Å². The van der Waals surface area contributed by atoms with Crippen molar-refractivity contribution in [3.05, 3.63) is 24.3 Å². The van der Waals surface area contributed by atoms with Crippen LogP contribution in [0, 0.1) is 0 Å². The Bertz CT molecular complexity index is 284. The molecule has 0 unspecified atom stereocenters. The Hall–Kier alpha value is -1.05. The highest BCUT2D eigenvalue weighted by Gasteiger charge is 2.02. The zero-order valence-corrected chi connectivity index (χ0v) is 8.75. The van der Waals surface area contributed by atoms with Crippen molar-refractivity contribution in [3.63, 3.8) is 0 Å². The second-order valence-corrected chi connectivity index (χ2v) is 3.24. The van der Waals surface area contributed by atoms with E-state index >= 15 is 0 Å². The normalized spacial score (nSPS) is 12.1. The molecule has 1 heterocycles. The Labute approximate surface area is 80.3 Å². The van der Waals surface area contributed by atoms with Crippen LogP contribution in [0.5, 0.6) is 0 Å². The molecule has 0 aliphatic rings. The summed E-state index contributed by atoms with van der Waals surface area (Å²) in [5, 5.41) is 0. The van der Waals surface area contributed by atoms with E-state index in [0.29, 0.717) is 0 Å². The number of allylic oxidation sites excluding steroid dienone is 2. The lowest BCUT2D eigenvalue weighted by Gasteiger charge is -2.05. The summed E-state index contributed by atoms with van der Waals surface area (Å²) in [6.07, 6.45) is 8.37. The zero-order chi connectivity index (χ0) is 9.68. The highest BCUT2D eigenvalue weighted by atomic mass is 15.1. The molecule has 0 radical (unpaired) electrons. The third-order valence-electron chi connectivity index (χ3n) is 2.04. The summed E-state index contributed by atoms with van der Waals surface area (Å²) < 4.78 is 2.21. The topological polar surface area (TPSA) is 17.8 Å². The van der Waals surface area contributed by atoms with Crippen LogP contribution in [0.25, 0.3) is 5.57 Å². The molecule has 0 N–H and O–H groups in total. The van der Waals surface area contributed by atoms with E-state index in [2.05, 4.69) is 36.4 Å². The van der Waals surface area contributed by atoms with Gasteiger partial charge in [0.25, 0.3) is 0 Å². The van der Waals surface area contributed by atoms with Gasteiger partial charge in [0.05, 0.1) is 0 Å². The molecule has 0 aliphatic heterocycles. The first-order valence-electron chi connectivity index (χ1n) is 4.97. The van der Waals surface area contributed by atoms with Crippen LogP contribution in [0.15, 0.2) is 18.5 Å². The fourth-order valence-electron chi connectivity index (χ4n) is 1.48. The Morgan fingerprint density at radius 3 is 2.92 bits per heavy atom. The number of hydrogen-bond donors (Lipinski definition) is 0. The van der Waals surface area contributed by atoms with Crippen molar-refractivity contribution in [2.45, 2.75) is 40.2 Å². The van der Waals surface area contributed by atoms with Gasteiger partial charge < -0.3 is 4.57 Å². The van der Waals surface area contributed by atoms with Gasteiger partial charge >= 0.3 is 0 Å². The molecule has 2 nitrogen and oxygen atoms in total. The first kappa shape index (κ1) is 10.0. The maximum atomic E-state index is 4.35. The van der Waals surface area contributed by atoms with Gasteiger partial charge in [-0.25, -0.2) is 4.98 Å². The summed E-state index contributed by atoms with van der Waals surface area (Å²) in [5.41, 5.74) is 1.28. The highest BCUT2D eigenvalue weighted by Crippen LogP contribution is 2.12. The van der Waals surface area contributed by atoms with Crippen molar-refractivity contribution in [1.29, 1.82) is 0 Å². The molecular formula is C11H18N2. The Balaban J connectivity index is 2.86. The van der Waals surface area contributed by atoms with Crippen molar-refractivity contribution in [3.8, 4) is 0 Å². The number of hydrogen-bond acceptors (Lipinski definition) is 1. The summed E-state index contributed by atoms with van der Waals surface area (Å²) in [4.78, 5) is 4.35. The number of aromatic nitrogens is 2. The Kier molecular flexibility index (Phi) is 3.74. The van der Waals surface area contributed by atoms with Crippen molar-refractivity contribution in [2.75, 3.05) is 0 Å². The minimum Gasteiger partial charge on any atom is -0.331 e. The van der Waals surface area contributed by atoms with Crippen LogP contribution >= 0.6 is 0 Å². The Morgan fingerprint density at radius 2 is 2.31 bits per heavy atom. The average molecular weight is 178 g/mol. The third kappa shape index (κ3) is 2.44. The highest BCUT2D eigenvalue weighted by molar-refractivity contribution is 5.57. The van der Waals surface area contributed by atoms with Crippen molar-refractivity contribution in [1.82, 2.24) is 9.55 Å². The van der Waals surface area contributed by atoms with Gasteiger partial charge in [-0.15, -0.1) is 0 Å². The fraction of sp³-hybridized carbons (Fsp3) is 0.545. The van der Waals surface area contributed by atoms with E-state index in [0.717, 1.165) is 25.2 Å². The van der Waals surface area contributed by atoms with Gasteiger partial charge in [0, 0.05) is 18.9 Å². The van der Waals surface area contributed by atoms with Crippen LogP contribution in [0.1, 0.15) is 39.4 Å². The SMILES string of the molecule is CCC=C(C)c1nccn1CCC. The van der Waals surface area contributed by atoms with E-state index in [-0.39, 0.29) is 0 Å². The number of nitrogens with zero attached hydrogens (tertiary/aromatic N) is 2. The molecule has 0 saturated carbocycles. The van der Waals surface area contributed by atoms with Gasteiger partial charge in [-0.3, -0.25) is 0 Å². The molecule has 0 spiro atoms. The molecular weight excluding hydrogens is 160 g/mol. The van der Waals surface area contributed by atoms with Gasteiger partial charge in [0.2, 0.25) is 0 Å². The minimum atomic E-state index is 1.06. The average Bonchev–Trinajstić information content (AvgIpc) is 2.54. The van der Waals surface area contributed by atoms with Crippen LogP contribution in [0.4, 0.5) is 0 Å². The summed E-state index contributed by atoms with van der Waals surface area (Å²) in [6, 6.07) is 0. The monoisotopic (exact) mass is 178 g/mol. The number of imidazole rings is 1. The molecule has 2 heteroatoms. The van der Waals surface area contributed by atoms with Crippen molar-refractivity contribution < 1.29 is 0 Å². The maximum Gasteiger partial charge on any atom is 0.135 e. The van der Waals surface area contributed by atoms with Gasteiger partial charge in [0.15, 0.2) is 0 Å². The van der Waals surface area contributed by atoms with E-state index in [1.54, 1.807) is 0 Å². The molecule has 0 bridgehead atoms. The molecule has 72 valence electrons. The first-order valence-corrected chi connectivity index (χ1v) is 4.97. The predicted molar refractivity (Wildman–Crippen MR) is 56.5 cm³/mol. The van der Waals surface area contributed by atoms with Crippen LogP contribution in [0.2, 0.25) is 0 Å². The summed E-state index contributed by atoms with van der Waals surface area (Å²) in [5.74, 6) is 1.11. The lowest BCUT2D eigenvalue weighted by Crippen LogP contribution is -2.00. The smallest absolute Gasteiger partial charge is 0.135 e. The summed E-state index contributed by atoms with van der Waals surface area (Å²) in [6.45, 7) is 7.52. The second-order valence-electron chi connectivity index (χ2n) is 3.24. The molecule has 0 amide bonds. The van der Waals surface area contributed by atoms with Crippen LogP contribution < -0.4 is 0 Å². The maximum absolute atomic E-state index is 4.35. The lowest BCUT2D eigenvalue weighted by atomic mass is 10.2. The predicted octanol–water partition coefficient (Wildman–Crippen LogP) is 3.11. The van der Waals surface area contributed by atoms with Crippen LogP contribution in [0.3, 0.4) is 0 Å². The van der Waals surface area contributed by atoms with Crippen LogP contribution in [-0.4, -0.2) is 9.55 Å². The summed E-state index contributed by atoms with van der Waals surface area (Å²) in [7, 11) is 0. The molecule has 0 aliphatic carbocycles. The first-order chi connectivity index (χ1) is 6.29. The van der Waals surface area contributed by atoms with E-state index in [9.17, 15) is 0 Å². The van der Waals surface area contributed by atoms with E-state index < -0.39 is 0 Å².